The highest BCUT2D eigenvalue weighted by atomic mass is 35.5. The molecular formula is C10H8ClNO. The summed E-state index contributed by atoms with van der Waals surface area (Å²) in [6.45, 7) is 1.92. The summed E-state index contributed by atoms with van der Waals surface area (Å²) in [5.41, 5.74) is 0.969. The van der Waals surface area contributed by atoms with Crippen molar-refractivity contribution in [2.24, 2.45) is 0 Å². The highest BCUT2D eigenvalue weighted by Gasteiger charge is 2.04. The molecule has 2 rings (SSSR count). The highest BCUT2D eigenvalue weighted by Crippen LogP contribution is 2.28. The van der Waals surface area contributed by atoms with E-state index in [9.17, 15) is 5.11 Å². The molecule has 1 heterocycles. The summed E-state index contributed by atoms with van der Waals surface area (Å²) < 4.78 is 0. The van der Waals surface area contributed by atoms with Gasteiger partial charge in [-0.3, -0.25) is 0 Å². The van der Waals surface area contributed by atoms with E-state index in [1.807, 2.05) is 13.0 Å². The molecule has 0 aliphatic carbocycles. The Labute approximate surface area is 80.8 Å². The molecule has 0 unspecified atom stereocenters. The number of aromatic nitrogens is 1. The summed E-state index contributed by atoms with van der Waals surface area (Å²) in [5.74, 6) is 0.0530. The van der Waals surface area contributed by atoms with Crippen LogP contribution in [0.2, 0.25) is 5.02 Å². The second kappa shape index (κ2) is 2.89. The van der Waals surface area contributed by atoms with E-state index in [1.165, 1.54) is 0 Å². The van der Waals surface area contributed by atoms with Crippen LogP contribution in [0.3, 0.4) is 0 Å². The number of aryl methyl sites for hydroxylation is 1. The van der Waals surface area contributed by atoms with Crippen LogP contribution in [0.1, 0.15) is 5.56 Å². The maximum absolute atomic E-state index is 9.43. The van der Waals surface area contributed by atoms with E-state index in [4.69, 9.17) is 11.6 Å². The van der Waals surface area contributed by atoms with E-state index >= 15 is 0 Å². The quantitative estimate of drug-likeness (QED) is 0.698. The van der Waals surface area contributed by atoms with Crippen LogP contribution < -0.4 is 0 Å². The number of nitrogens with zero attached hydrogens (tertiary/aromatic N) is 1. The molecule has 0 bridgehead atoms. The first-order valence-corrected chi connectivity index (χ1v) is 4.31. The maximum Gasteiger partial charge on any atom is 0.218 e. The molecule has 0 saturated carbocycles. The Hall–Kier alpha value is -1.28. The van der Waals surface area contributed by atoms with Crippen molar-refractivity contribution in [2.45, 2.75) is 6.92 Å². The zero-order valence-electron chi connectivity index (χ0n) is 7.08. The summed E-state index contributed by atoms with van der Waals surface area (Å²) >= 11 is 5.94. The van der Waals surface area contributed by atoms with Crippen LogP contribution >= 0.6 is 11.6 Å². The van der Waals surface area contributed by atoms with Crippen molar-refractivity contribution in [3.8, 4) is 5.88 Å². The Morgan fingerprint density at radius 3 is 2.77 bits per heavy atom. The number of halogens is 1. The van der Waals surface area contributed by atoms with Gasteiger partial charge in [0.25, 0.3) is 0 Å². The van der Waals surface area contributed by atoms with Gasteiger partial charge in [0.15, 0.2) is 0 Å². The zero-order valence-corrected chi connectivity index (χ0v) is 7.84. The average molecular weight is 194 g/mol. The van der Waals surface area contributed by atoms with Gasteiger partial charge in [0.05, 0.1) is 0 Å². The summed E-state index contributed by atoms with van der Waals surface area (Å²) in [6.07, 6.45) is 1.57. The summed E-state index contributed by atoms with van der Waals surface area (Å²) in [5, 5.41) is 11.8. The van der Waals surface area contributed by atoms with Crippen molar-refractivity contribution in [2.75, 3.05) is 0 Å². The molecule has 1 aromatic carbocycles. The molecule has 0 atom stereocenters. The number of aromatic hydroxyl groups is 1. The Morgan fingerprint density at radius 1 is 1.23 bits per heavy atom. The largest absolute Gasteiger partial charge is 0.493 e. The van der Waals surface area contributed by atoms with Crippen molar-refractivity contribution in [1.82, 2.24) is 4.98 Å². The molecule has 2 aromatic rings. The fraction of sp³-hybridized carbons (Fsp3) is 0.100. The number of hydrogen-bond acceptors (Lipinski definition) is 2. The van der Waals surface area contributed by atoms with Crippen LogP contribution in [0.15, 0.2) is 24.4 Å². The van der Waals surface area contributed by atoms with Gasteiger partial charge < -0.3 is 5.11 Å². The number of pyridine rings is 1. The molecule has 0 fully saturated rings. The van der Waals surface area contributed by atoms with Crippen LogP contribution in [0, 0.1) is 6.92 Å². The lowest BCUT2D eigenvalue weighted by Crippen LogP contribution is -1.82. The van der Waals surface area contributed by atoms with E-state index in [2.05, 4.69) is 4.98 Å². The van der Waals surface area contributed by atoms with Crippen LogP contribution in [0.5, 0.6) is 5.88 Å². The van der Waals surface area contributed by atoms with Gasteiger partial charge >= 0.3 is 0 Å². The standard InChI is InChI=1S/C10H8ClNO/c1-6-7-4-5-12-10(13)8(7)2-3-9(6)11/h2-5H,1H3,(H,12,13). The lowest BCUT2D eigenvalue weighted by atomic mass is 10.1. The second-order valence-corrected chi connectivity index (χ2v) is 3.31. The second-order valence-electron chi connectivity index (χ2n) is 2.90. The first-order chi connectivity index (χ1) is 6.20. The molecule has 66 valence electrons. The minimum absolute atomic E-state index is 0.0530. The van der Waals surface area contributed by atoms with Gasteiger partial charge in [-0.15, -0.1) is 0 Å². The first kappa shape index (κ1) is 8.32. The van der Waals surface area contributed by atoms with E-state index in [-0.39, 0.29) is 5.88 Å². The normalized spacial score (nSPS) is 10.6. The third-order valence-corrected chi connectivity index (χ3v) is 2.54. The van der Waals surface area contributed by atoms with E-state index in [0.717, 1.165) is 16.3 Å². The maximum atomic E-state index is 9.43. The van der Waals surface area contributed by atoms with Crippen molar-refractivity contribution in [3.05, 3.63) is 35.0 Å². The van der Waals surface area contributed by atoms with E-state index in [0.29, 0.717) is 5.02 Å². The number of fused-ring (bicyclic) bond motifs is 1. The predicted octanol–water partition coefficient (Wildman–Crippen LogP) is 2.90. The Kier molecular flexibility index (Phi) is 1.85. The zero-order chi connectivity index (χ0) is 9.42. The fourth-order valence-corrected chi connectivity index (χ4v) is 1.53. The third-order valence-electron chi connectivity index (χ3n) is 2.13. The molecule has 0 aliphatic rings. The average Bonchev–Trinajstić information content (AvgIpc) is 2.12. The van der Waals surface area contributed by atoms with Crippen molar-refractivity contribution >= 4 is 22.4 Å². The summed E-state index contributed by atoms with van der Waals surface area (Å²) in [4.78, 5) is 3.79. The van der Waals surface area contributed by atoms with Gasteiger partial charge in [0, 0.05) is 16.6 Å². The molecule has 0 radical (unpaired) electrons. The Balaban J connectivity index is 2.94. The Morgan fingerprint density at radius 2 is 2.00 bits per heavy atom. The molecular weight excluding hydrogens is 186 g/mol. The van der Waals surface area contributed by atoms with Gasteiger partial charge in [0.2, 0.25) is 5.88 Å². The van der Waals surface area contributed by atoms with Crippen LogP contribution in [0.4, 0.5) is 0 Å². The van der Waals surface area contributed by atoms with Crippen LogP contribution in [-0.4, -0.2) is 10.1 Å². The lowest BCUT2D eigenvalue weighted by Gasteiger charge is -2.04. The molecule has 0 aliphatic heterocycles. The molecule has 0 spiro atoms. The van der Waals surface area contributed by atoms with Gasteiger partial charge in [-0.1, -0.05) is 11.6 Å². The molecule has 0 amide bonds. The topological polar surface area (TPSA) is 33.1 Å². The van der Waals surface area contributed by atoms with Gasteiger partial charge in [-0.25, -0.2) is 4.98 Å². The monoisotopic (exact) mass is 193 g/mol. The summed E-state index contributed by atoms with van der Waals surface area (Å²) in [6, 6.07) is 5.38. The first-order valence-electron chi connectivity index (χ1n) is 3.93. The minimum Gasteiger partial charge on any atom is -0.493 e. The molecule has 2 nitrogen and oxygen atoms in total. The van der Waals surface area contributed by atoms with Crippen LogP contribution in [0.25, 0.3) is 10.8 Å². The van der Waals surface area contributed by atoms with Crippen molar-refractivity contribution in [1.29, 1.82) is 0 Å². The van der Waals surface area contributed by atoms with Gasteiger partial charge in [0.1, 0.15) is 0 Å². The van der Waals surface area contributed by atoms with E-state index < -0.39 is 0 Å². The summed E-state index contributed by atoms with van der Waals surface area (Å²) in [7, 11) is 0. The smallest absolute Gasteiger partial charge is 0.218 e. The van der Waals surface area contributed by atoms with E-state index in [1.54, 1.807) is 18.3 Å². The Bertz CT molecular complexity index is 468. The molecule has 1 N–H and O–H groups in total. The van der Waals surface area contributed by atoms with Crippen LogP contribution in [-0.2, 0) is 0 Å². The van der Waals surface area contributed by atoms with Gasteiger partial charge in [-0.05, 0) is 36.1 Å². The third kappa shape index (κ3) is 1.23. The number of hydrogen-bond donors (Lipinski definition) is 1. The fourth-order valence-electron chi connectivity index (χ4n) is 1.36. The predicted molar refractivity (Wildman–Crippen MR) is 53.2 cm³/mol. The van der Waals surface area contributed by atoms with Crippen molar-refractivity contribution in [3.63, 3.8) is 0 Å². The minimum atomic E-state index is 0.0530. The molecule has 3 heteroatoms. The van der Waals surface area contributed by atoms with Crippen molar-refractivity contribution < 1.29 is 5.11 Å². The molecule has 0 saturated heterocycles. The number of rotatable bonds is 0. The SMILES string of the molecule is Cc1c(Cl)ccc2c(O)nccc12. The lowest BCUT2D eigenvalue weighted by molar-refractivity contribution is 0.460. The van der Waals surface area contributed by atoms with Gasteiger partial charge in [-0.2, -0.15) is 0 Å². The molecule has 13 heavy (non-hydrogen) atoms. The highest BCUT2D eigenvalue weighted by molar-refractivity contribution is 6.32. The molecule has 1 aromatic heterocycles. The number of benzene rings is 1.